The Hall–Kier alpha value is -1.65. The second-order valence-electron chi connectivity index (χ2n) is 7.96. The molecule has 1 spiro atoms. The lowest BCUT2D eigenvalue weighted by atomic mass is 9.52. The van der Waals surface area contributed by atoms with Gasteiger partial charge in [-0.15, -0.1) is 0 Å². The summed E-state index contributed by atoms with van der Waals surface area (Å²) < 4.78 is 14.3. The topological polar surface area (TPSA) is 36.3 Å². The van der Waals surface area contributed by atoms with Gasteiger partial charge < -0.3 is 9.47 Å². The van der Waals surface area contributed by atoms with Gasteiger partial charge in [-0.05, 0) is 36.3 Å². The first kappa shape index (κ1) is 15.6. The highest BCUT2D eigenvalue weighted by Crippen LogP contribution is 2.59. The molecule has 4 heteroatoms. The van der Waals surface area contributed by atoms with E-state index in [-0.39, 0.29) is 11.2 Å². The van der Waals surface area contributed by atoms with E-state index in [1.807, 2.05) is 11.7 Å². The molecule has 1 saturated heterocycles. The first-order valence-electron chi connectivity index (χ1n) is 9.52. The Labute approximate surface area is 149 Å². The third-order valence-electron chi connectivity index (χ3n) is 6.91. The van der Waals surface area contributed by atoms with Crippen LogP contribution < -0.4 is 0 Å². The van der Waals surface area contributed by atoms with E-state index in [0.29, 0.717) is 11.8 Å². The van der Waals surface area contributed by atoms with E-state index < -0.39 is 0 Å². The number of fused-ring (bicyclic) bond motifs is 3. The largest absolute Gasteiger partial charge is 0.347 e. The molecule has 1 saturated carbocycles. The van der Waals surface area contributed by atoms with Gasteiger partial charge in [0.2, 0.25) is 0 Å². The molecule has 5 rings (SSSR count). The average Bonchev–Trinajstić information content (AvgIpc) is 3.26. The quantitative estimate of drug-likeness (QED) is 0.799. The highest BCUT2D eigenvalue weighted by molar-refractivity contribution is 5.44. The minimum Gasteiger partial charge on any atom is -0.347 e. The zero-order chi connectivity index (χ0) is 17.1. The van der Waals surface area contributed by atoms with Crippen LogP contribution in [0.25, 0.3) is 0 Å². The molecule has 2 fully saturated rings. The van der Waals surface area contributed by atoms with Crippen molar-refractivity contribution in [2.24, 2.45) is 18.9 Å². The van der Waals surface area contributed by atoms with Crippen molar-refractivity contribution in [2.75, 3.05) is 13.2 Å². The summed E-state index contributed by atoms with van der Waals surface area (Å²) in [5, 5.41) is 4.97. The van der Waals surface area contributed by atoms with Crippen molar-refractivity contribution in [1.82, 2.24) is 9.78 Å². The number of nitrogens with zero attached hydrogens (tertiary/aromatic N) is 2. The number of hydrogen-bond donors (Lipinski definition) is 0. The van der Waals surface area contributed by atoms with Crippen LogP contribution in [-0.2, 0) is 28.4 Å². The van der Waals surface area contributed by atoms with Crippen LogP contribution in [0.1, 0.15) is 43.0 Å². The number of benzene rings is 1. The standard InChI is InChI=1S/C21H26N2O2/c1-15-18-9-8-16-14-23(2)22-19(16)20(18,17-6-4-3-5-7-17)10-11-21(15)24-12-13-25-21/h3-7,14-15,18H,8-13H2,1-2H3. The van der Waals surface area contributed by atoms with Crippen LogP contribution in [-0.4, -0.2) is 28.8 Å². The summed E-state index contributed by atoms with van der Waals surface area (Å²) in [4.78, 5) is 0. The minimum absolute atomic E-state index is 0.0178. The van der Waals surface area contributed by atoms with Gasteiger partial charge in [-0.2, -0.15) is 5.10 Å². The average molecular weight is 338 g/mol. The molecule has 1 aliphatic heterocycles. The summed E-state index contributed by atoms with van der Waals surface area (Å²) in [6, 6.07) is 11.0. The van der Waals surface area contributed by atoms with Crippen LogP contribution in [0, 0.1) is 11.8 Å². The van der Waals surface area contributed by atoms with E-state index >= 15 is 0 Å². The maximum atomic E-state index is 6.17. The van der Waals surface area contributed by atoms with Crippen LogP contribution in [0.5, 0.6) is 0 Å². The van der Waals surface area contributed by atoms with Crippen molar-refractivity contribution in [1.29, 1.82) is 0 Å². The summed E-state index contributed by atoms with van der Waals surface area (Å²) >= 11 is 0. The lowest BCUT2D eigenvalue weighted by molar-refractivity contribution is -0.232. The molecule has 1 aromatic carbocycles. The monoisotopic (exact) mass is 338 g/mol. The fourth-order valence-corrected chi connectivity index (χ4v) is 5.82. The van der Waals surface area contributed by atoms with Crippen molar-refractivity contribution in [3.8, 4) is 0 Å². The summed E-state index contributed by atoms with van der Waals surface area (Å²) in [5.74, 6) is 0.471. The summed E-state index contributed by atoms with van der Waals surface area (Å²) in [7, 11) is 2.04. The summed E-state index contributed by atoms with van der Waals surface area (Å²) in [6.07, 6.45) is 6.46. The Morgan fingerprint density at radius 2 is 1.88 bits per heavy atom. The van der Waals surface area contributed by atoms with Crippen molar-refractivity contribution in [2.45, 2.75) is 43.8 Å². The number of aryl methyl sites for hydroxylation is 2. The number of aromatic nitrogens is 2. The molecule has 2 heterocycles. The number of hydrogen-bond acceptors (Lipinski definition) is 3. The molecule has 3 aliphatic rings. The van der Waals surface area contributed by atoms with Gasteiger partial charge in [-0.1, -0.05) is 37.3 Å². The summed E-state index contributed by atoms with van der Waals surface area (Å²) in [6.45, 7) is 3.79. The van der Waals surface area contributed by atoms with Crippen LogP contribution in [0.15, 0.2) is 36.5 Å². The second-order valence-corrected chi connectivity index (χ2v) is 7.96. The molecule has 25 heavy (non-hydrogen) atoms. The third-order valence-corrected chi connectivity index (χ3v) is 6.91. The highest BCUT2D eigenvalue weighted by Gasteiger charge is 2.60. The molecule has 4 nitrogen and oxygen atoms in total. The van der Waals surface area contributed by atoms with Gasteiger partial charge in [-0.25, -0.2) is 0 Å². The predicted octanol–water partition coefficient (Wildman–Crippen LogP) is 3.44. The zero-order valence-corrected chi connectivity index (χ0v) is 15.1. The fraction of sp³-hybridized carbons (Fsp3) is 0.571. The van der Waals surface area contributed by atoms with Gasteiger partial charge in [0.1, 0.15) is 0 Å². The maximum Gasteiger partial charge on any atom is 0.171 e. The Kier molecular flexibility index (Phi) is 3.38. The van der Waals surface area contributed by atoms with Crippen LogP contribution in [0.4, 0.5) is 0 Å². The van der Waals surface area contributed by atoms with Gasteiger partial charge in [0.05, 0.1) is 18.9 Å². The molecule has 132 valence electrons. The van der Waals surface area contributed by atoms with Crippen LogP contribution >= 0.6 is 0 Å². The first-order valence-corrected chi connectivity index (χ1v) is 9.52. The van der Waals surface area contributed by atoms with E-state index in [9.17, 15) is 0 Å². The first-order chi connectivity index (χ1) is 12.2. The van der Waals surface area contributed by atoms with Crippen LogP contribution in [0.2, 0.25) is 0 Å². The normalized spacial score (nSPS) is 33.2. The Balaban J connectivity index is 1.69. The van der Waals surface area contributed by atoms with E-state index in [0.717, 1.165) is 32.5 Å². The molecule has 0 N–H and O–H groups in total. The smallest absolute Gasteiger partial charge is 0.171 e. The van der Waals surface area contributed by atoms with Gasteiger partial charge >= 0.3 is 0 Å². The second kappa shape index (κ2) is 5.42. The lowest BCUT2D eigenvalue weighted by Gasteiger charge is -2.55. The SMILES string of the molecule is CC1C2CCc3cn(C)nc3C2(c2ccccc2)CCC12OCCO2. The fourth-order valence-electron chi connectivity index (χ4n) is 5.82. The summed E-state index contributed by atoms with van der Waals surface area (Å²) in [5.41, 5.74) is 4.09. The van der Waals surface area contributed by atoms with Gasteiger partial charge in [-0.3, -0.25) is 4.68 Å². The Morgan fingerprint density at radius 3 is 2.64 bits per heavy atom. The maximum absolute atomic E-state index is 6.17. The molecule has 0 bridgehead atoms. The molecular weight excluding hydrogens is 312 g/mol. The Morgan fingerprint density at radius 1 is 1.12 bits per heavy atom. The number of rotatable bonds is 1. The van der Waals surface area contributed by atoms with Gasteiger partial charge in [0, 0.05) is 31.0 Å². The zero-order valence-electron chi connectivity index (χ0n) is 15.1. The molecule has 2 aliphatic carbocycles. The molecule has 0 radical (unpaired) electrons. The van der Waals surface area contributed by atoms with Gasteiger partial charge in [0.15, 0.2) is 5.79 Å². The van der Waals surface area contributed by atoms with E-state index in [1.165, 1.54) is 23.2 Å². The highest BCUT2D eigenvalue weighted by atomic mass is 16.7. The minimum atomic E-state index is -0.380. The third kappa shape index (κ3) is 2.04. The number of ether oxygens (including phenoxy) is 2. The van der Waals surface area contributed by atoms with Crippen molar-refractivity contribution in [3.63, 3.8) is 0 Å². The lowest BCUT2D eigenvalue weighted by Crippen LogP contribution is -2.56. The Bertz CT molecular complexity index is 778. The molecular formula is C21H26N2O2. The van der Waals surface area contributed by atoms with Crippen LogP contribution in [0.3, 0.4) is 0 Å². The molecule has 0 amide bonds. The molecule has 2 aromatic rings. The van der Waals surface area contributed by atoms with Crippen molar-refractivity contribution < 1.29 is 9.47 Å². The molecule has 3 atom stereocenters. The van der Waals surface area contributed by atoms with E-state index in [4.69, 9.17) is 14.6 Å². The molecule has 3 unspecified atom stereocenters. The van der Waals surface area contributed by atoms with Crippen molar-refractivity contribution in [3.05, 3.63) is 53.3 Å². The molecule has 1 aromatic heterocycles. The van der Waals surface area contributed by atoms with Gasteiger partial charge in [0.25, 0.3) is 0 Å². The van der Waals surface area contributed by atoms with Crippen molar-refractivity contribution >= 4 is 0 Å². The van der Waals surface area contributed by atoms with E-state index in [2.05, 4.69) is 43.5 Å². The predicted molar refractivity (Wildman–Crippen MR) is 95.3 cm³/mol. The van der Waals surface area contributed by atoms with E-state index in [1.54, 1.807) is 0 Å².